The molecule has 0 radical (unpaired) electrons. The van der Waals surface area contributed by atoms with Gasteiger partial charge in [-0.25, -0.2) is 0 Å². The molecule has 2 nitrogen and oxygen atoms in total. The number of benzene rings is 1. The molecule has 0 saturated carbocycles. The quantitative estimate of drug-likeness (QED) is 0.872. The van der Waals surface area contributed by atoms with Crippen LogP contribution in [0.2, 0.25) is 0 Å². The van der Waals surface area contributed by atoms with E-state index in [4.69, 9.17) is 4.42 Å². The molecule has 2 aromatic rings. The Morgan fingerprint density at radius 3 is 2.37 bits per heavy atom. The van der Waals surface area contributed by atoms with Crippen molar-refractivity contribution in [1.82, 2.24) is 5.32 Å². The zero-order valence-electron chi connectivity index (χ0n) is 12.3. The smallest absolute Gasteiger partial charge is 0.0935 e. The third-order valence-electron chi connectivity index (χ3n) is 3.56. The maximum Gasteiger partial charge on any atom is 0.0935 e. The van der Waals surface area contributed by atoms with E-state index in [9.17, 15) is 0 Å². The summed E-state index contributed by atoms with van der Waals surface area (Å²) in [6.45, 7) is 9.68. The van der Waals surface area contributed by atoms with Crippen LogP contribution in [0.4, 0.5) is 0 Å². The number of aryl methyl sites for hydroxylation is 3. The highest BCUT2D eigenvalue weighted by Gasteiger charge is 2.16. The summed E-state index contributed by atoms with van der Waals surface area (Å²) in [6, 6.07) is 6.93. The summed E-state index contributed by atoms with van der Waals surface area (Å²) in [4.78, 5) is 0. The molecule has 1 atom stereocenters. The van der Waals surface area contributed by atoms with E-state index < -0.39 is 0 Å². The Bertz CT molecular complexity index is 505. The van der Waals surface area contributed by atoms with Crippen molar-refractivity contribution in [2.75, 3.05) is 6.54 Å². The van der Waals surface area contributed by atoms with Gasteiger partial charge < -0.3 is 9.73 Å². The number of nitrogens with one attached hydrogen (secondary N) is 1. The zero-order chi connectivity index (χ0) is 13.8. The first-order valence-electron chi connectivity index (χ1n) is 6.94. The number of hydrogen-bond acceptors (Lipinski definition) is 2. The largest absolute Gasteiger partial charge is 0.472 e. The van der Waals surface area contributed by atoms with Gasteiger partial charge in [0, 0.05) is 6.04 Å². The first-order valence-corrected chi connectivity index (χ1v) is 6.94. The van der Waals surface area contributed by atoms with Crippen LogP contribution in [0.3, 0.4) is 0 Å². The monoisotopic (exact) mass is 257 g/mol. The molecule has 2 heteroatoms. The molecule has 1 aromatic heterocycles. The molecule has 0 spiro atoms. The number of likely N-dealkylation sites (N-methyl/N-ethyl adjacent to an activating group) is 1. The highest BCUT2D eigenvalue weighted by Crippen LogP contribution is 2.26. The molecule has 0 saturated heterocycles. The number of rotatable bonds is 5. The van der Waals surface area contributed by atoms with E-state index >= 15 is 0 Å². The number of hydrogen-bond donors (Lipinski definition) is 1. The molecule has 0 fully saturated rings. The van der Waals surface area contributed by atoms with E-state index in [1.807, 2.05) is 12.3 Å². The fraction of sp³-hybridized carbons (Fsp3) is 0.412. The Labute approximate surface area is 115 Å². The molecule has 1 N–H and O–H groups in total. The molecule has 0 aliphatic heterocycles. The van der Waals surface area contributed by atoms with Crippen LogP contribution in [-0.2, 0) is 6.42 Å². The summed E-state index contributed by atoms with van der Waals surface area (Å²) in [6.07, 6.45) is 4.55. The normalized spacial score (nSPS) is 12.6. The van der Waals surface area contributed by atoms with Crippen LogP contribution < -0.4 is 5.32 Å². The Kier molecular flexibility index (Phi) is 4.43. The predicted molar refractivity (Wildman–Crippen MR) is 79.5 cm³/mol. The molecule has 0 bridgehead atoms. The minimum atomic E-state index is 0.350. The molecule has 102 valence electrons. The van der Waals surface area contributed by atoms with Crippen LogP contribution >= 0.6 is 0 Å². The fourth-order valence-electron chi connectivity index (χ4n) is 2.91. The molecule has 1 heterocycles. The molecule has 1 unspecified atom stereocenters. The average molecular weight is 257 g/mol. The van der Waals surface area contributed by atoms with Crippen molar-refractivity contribution in [3.8, 4) is 0 Å². The van der Waals surface area contributed by atoms with Crippen molar-refractivity contribution < 1.29 is 4.42 Å². The van der Waals surface area contributed by atoms with Crippen molar-refractivity contribution in [1.29, 1.82) is 0 Å². The van der Waals surface area contributed by atoms with Gasteiger partial charge >= 0.3 is 0 Å². The van der Waals surface area contributed by atoms with Crippen LogP contribution in [0.1, 0.15) is 40.8 Å². The van der Waals surface area contributed by atoms with Gasteiger partial charge in [-0.3, -0.25) is 0 Å². The molecule has 1 aromatic carbocycles. The van der Waals surface area contributed by atoms with Gasteiger partial charge in [-0.05, 0) is 62.1 Å². The summed E-state index contributed by atoms with van der Waals surface area (Å²) >= 11 is 0. The highest BCUT2D eigenvalue weighted by molar-refractivity contribution is 5.40. The van der Waals surface area contributed by atoms with Gasteiger partial charge in [-0.2, -0.15) is 0 Å². The predicted octanol–water partition coefficient (Wildman–Crippen LogP) is 4.10. The Balaban J connectivity index is 2.33. The molecule has 2 rings (SSSR count). The average Bonchev–Trinajstić information content (AvgIpc) is 2.80. The minimum absolute atomic E-state index is 0.350. The van der Waals surface area contributed by atoms with Crippen molar-refractivity contribution >= 4 is 0 Å². The van der Waals surface area contributed by atoms with Crippen molar-refractivity contribution in [3.63, 3.8) is 0 Å². The van der Waals surface area contributed by atoms with Crippen LogP contribution in [0.5, 0.6) is 0 Å². The number of furan rings is 1. The van der Waals surface area contributed by atoms with Crippen molar-refractivity contribution in [2.45, 2.75) is 40.2 Å². The van der Waals surface area contributed by atoms with Crippen molar-refractivity contribution in [3.05, 3.63) is 58.5 Å². The van der Waals surface area contributed by atoms with Gasteiger partial charge in [0.15, 0.2) is 0 Å². The van der Waals surface area contributed by atoms with Gasteiger partial charge in [0.1, 0.15) is 0 Å². The van der Waals surface area contributed by atoms with Crippen molar-refractivity contribution in [2.24, 2.45) is 0 Å². The molecule has 19 heavy (non-hydrogen) atoms. The Morgan fingerprint density at radius 1 is 1.16 bits per heavy atom. The fourth-order valence-corrected chi connectivity index (χ4v) is 2.91. The highest BCUT2D eigenvalue weighted by atomic mass is 16.3. The van der Waals surface area contributed by atoms with Crippen LogP contribution in [0.25, 0.3) is 0 Å². The van der Waals surface area contributed by atoms with E-state index in [0.717, 1.165) is 13.0 Å². The molecule has 0 aliphatic carbocycles. The maximum atomic E-state index is 5.18. The molecular formula is C17H23NO. The van der Waals surface area contributed by atoms with Crippen LogP contribution in [-0.4, -0.2) is 6.54 Å². The maximum absolute atomic E-state index is 5.18. The van der Waals surface area contributed by atoms with Gasteiger partial charge in [-0.15, -0.1) is 0 Å². The summed E-state index contributed by atoms with van der Waals surface area (Å²) in [5, 5.41) is 3.60. The van der Waals surface area contributed by atoms with Crippen LogP contribution in [0, 0.1) is 20.8 Å². The second kappa shape index (κ2) is 6.07. The van der Waals surface area contributed by atoms with Gasteiger partial charge in [0.25, 0.3) is 0 Å². The third kappa shape index (κ3) is 3.27. The van der Waals surface area contributed by atoms with E-state index in [1.165, 1.54) is 27.8 Å². The Hall–Kier alpha value is -1.54. The summed E-state index contributed by atoms with van der Waals surface area (Å²) < 4.78 is 5.18. The van der Waals surface area contributed by atoms with Gasteiger partial charge in [0.2, 0.25) is 0 Å². The topological polar surface area (TPSA) is 25.2 Å². The zero-order valence-corrected chi connectivity index (χ0v) is 12.3. The van der Waals surface area contributed by atoms with E-state index in [1.54, 1.807) is 6.26 Å². The third-order valence-corrected chi connectivity index (χ3v) is 3.56. The van der Waals surface area contributed by atoms with Gasteiger partial charge in [0.05, 0.1) is 12.5 Å². The lowest BCUT2D eigenvalue weighted by Crippen LogP contribution is -2.24. The molecule has 0 aliphatic rings. The lowest BCUT2D eigenvalue weighted by Gasteiger charge is -2.22. The lowest BCUT2D eigenvalue weighted by molar-refractivity contribution is 0.531. The van der Waals surface area contributed by atoms with Crippen LogP contribution in [0.15, 0.2) is 35.1 Å². The second-order valence-electron chi connectivity index (χ2n) is 5.26. The molecular weight excluding hydrogens is 234 g/mol. The SMILES string of the molecule is CCNC(Cc1ccoc1)c1c(C)cc(C)cc1C. The first-order chi connectivity index (χ1) is 9.11. The molecule has 0 amide bonds. The first kappa shape index (κ1) is 13.9. The summed E-state index contributed by atoms with van der Waals surface area (Å²) in [7, 11) is 0. The summed E-state index contributed by atoms with van der Waals surface area (Å²) in [5.41, 5.74) is 6.73. The van der Waals surface area contributed by atoms with E-state index in [2.05, 4.69) is 45.1 Å². The van der Waals surface area contributed by atoms with E-state index in [0.29, 0.717) is 6.04 Å². The summed E-state index contributed by atoms with van der Waals surface area (Å²) in [5.74, 6) is 0. The Morgan fingerprint density at radius 2 is 1.84 bits per heavy atom. The minimum Gasteiger partial charge on any atom is -0.472 e. The van der Waals surface area contributed by atoms with Gasteiger partial charge in [-0.1, -0.05) is 24.6 Å². The standard InChI is InChI=1S/C17H23NO/c1-5-18-16(10-15-6-7-19-11-15)17-13(3)8-12(2)9-14(17)4/h6-9,11,16,18H,5,10H2,1-4H3. The second-order valence-corrected chi connectivity index (χ2v) is 5.26. The van der Waals surface area contributed by atoms with E-state index in [-0.39, 0.29) is 0 Å². The lowest BCUT2D eigenvalue weighted by atomic mass is 9.91.